The molecule has 0 unspecified atom stereocenters. The zero-order valence-corrected chi connectivity index (χ0v) is 46.0. The number of hydrogen-bond donors (Lipinski definition) is 1. The predicted molar refractivity (Wildman–Crippen MR) is 295 cm³/mol. The normalized spacial score (nSPS) is 25.5. The zero-order chi connectivity index (χ0) is 49.1. The summed E-state index contributed by atoms with van der Waals surface area (Å²) in [5, 5.41) is 15.7. The Morgan fingerprint density at radius 3 is 1.64 bits per heavy atom. The first kappa shape index (κ1) is 51.7. The molecule has 0 aromatic heterocycles. The van der Waals surface area contributed by atoms with Gasteiger partial charge in [-0.25, -0.2) is 0 Å². The van der Waals surface area contributed by atoms with Crippen LogP contribution in [0.5, 0.6) is 0 Å². The molecule has 8 rings (SSSR count). The maximum atomic E-state index is 10.9. The summed E-state index contributed by atoms with van der Waals surface area (Å²) in [6.07, 6.45) is 18.4. The van der Waals surface area contributed by atoms with E-state index in [1.54, 1.807) is 5.57 Å². The fourth-order valence-corrected chi connectivity index (χ4v) is 23.2. The Morgan fingerprint density at radius 2 is 1.17 bits per heavy atom. The molecule has 4 aliphatic carbocycles. The summed E-state index contributed by atoms with van der Waals surface area (Å²) in [4.78, 5) is 0. The maximum Gasteiger partial charge on any atom is 0.261 e. The Balaban J connectivity index is 1.15. The van der Waals surface area contributed by atoms with Crippen LogP contribution in [0.3, 0.4) is 0 Å². The van der Waals surface area contributed by atoms with Gasteiger partial charge in [-0.1, -0.05) is 208 Å². The summed E-state index contributed by atoms with van der Waals surface area (Å²) in [6.45, 7) is 27.8. The summed E-state index contributed by atoms with van der Waals surface area (Å²) in [6, 6.07) is 44.5. The number of allylic oxidation sites excluding steroid dienone is 3. The van der Waals surface area contributed by atoms with Gasteiger partial charge in [0.2, 0.25) is 0 Å². The van der Waals surface area contributed by atoms with Crippen LogP contribution >= 0.6 is 0 Å². The predicted octanol–water partition coefficient (Wildman–Crippen LogP) is 13.4. The van der Waals surface area contributed by atoms with Gasteiger partial charge < -0.3 is 18.7 Å². The minimum absolute atomic E-state index is 0.0883. The number of benzene rings is 4. The highest BCUT2D eigenvalue weighted by Crippen LogP contribution is 2.68. The molecular formula is C63H86O4Si2. The molecule has 370 valence electrons. The standard InChI is InChI=1S/C63H86O4Si2/c1-11-63(64,12-2)41-26-44-65-47-62(42-43-62)58-39-38-56-49(27-25-40-61(56,58)10)36-37-50-45-51(66-68(59(4,5)6,52-28-17-13-18-29-52)53-30-19-14-20-31-53)46-57(48(50)3)67-69(60(7,8)9,54-32-21-15-22-33-54)55-34-23-16-24-35-55/h13-24,28-37,51,56-58,64H,3,11-12,25-27,38-47H2,1-2,4-10H3/b49-36+,50-37-/t51-,56+,57+,58+,61+/m1/s1. The van der Waals surface area contributed by atoms with Gasteiger partial charge in [0.25, 0.3) is 16.6 Å². The second kappa shape index (κ2) is 20.8. The topological polar surface area (TPSA) is 47.9 Å². The van der Waals surface area contributed by atoms with Crippen LogP contribution < -0.4 is 20.7 Å². The maximum absolute atomic E-state index is 10.9. The summed E-state index contributed by atoms with van der Waals surface area (Å²) in [7, 11) is -5.87. The average molecular weight is 964 g/mol. The van der Waals surface area contributed by atoms with Crippen molar-refractivity contribution in [3.05, 3.63) is 157 Å². The highest BCUT2D eigenvalue weighted by Gasteiger charge is 2.61. The van der Waals surface area contributed by atoms with Crippen molar-refractivity contribution in [1.29, 1.82) is 0 Å². The van der Waals surface area contributed by atoms with Crippen molar-refractivity contribution < 1.29 is 18.7 Å². The van der Waals surface area contributed by atoms with E-state index in [1.807, 2.05) is 0 Å². The van der Waals surface area contributed by atoms with E-state index in [2.05, 4.69) is 196 Å². The van der Waals surface area contributed by atoms with Crippen LogP contribution in [0.25, 0.3) is 0 Å². The van der Waals surface area contributed by atoms with E-state index in [1.165, 1.54) is 64.8 Å². The van der Waals surface area contributed by atoms with Crippen LogP contribution in [-0.4, -0.2) is 52.8 Å². The van der Waals surface area contributed by atoms with E-state index in [9.17, 15) is 5.11 Å². The average Bonchev–Trinajstić information content (AvgIpc) is 4.04. The minimum Gasteiger partial charge on any atom is -0.404 e. The van der Waals surface area contributed by atoms with Crippen LogP contribution in [-0.2, 0) is 13.6 Å². The molecule has 0 spiro atoms. The molecule has 0 saturated heterocycles. The van der Waals surface area contributed by atoms with E-state index in [0.717, 1.165) is 63.7 Å². The summed E-state index contributed by atoms with van der Waals surface area (Å²) >= 11 is 0. The highest BCUT2D eigenvalue weighted by atomic mass is 28.4. The molecule has 0 radical (unpaired) electrons. The smallest absolute Gasteiger partial charge is 0.261 e. The molecule has 0 heterocycles. The first-order valence-electron chi connectivity index (χ1n) is 26.9. The lowest BCUT2D eigenvalue weighted by molar-refractivity contribution is -0.00669. The largest absolute Gasteiger partial charge is 0.404 e. The van der Waals surface area contributed by atoms with E-state index in [0.29, 0.717) is 17.3 Å². The fourth-order valence-electron chi connectivity index (χ4n) is 13.9. The Kier molecular flexibility index (Phi) is 15.6. The lowest BCUT2D eigenvalue weighted by Crippen LogP contribution is -2.69. The third-order valence-corrected chi connectivity index (χ3v) is 28.1. The third-order valence-electron chi connectivity index (χ3n) is 18.0. The lowest BCUT2D eigenvalue weighted by Gasteiger charge is -2.49. The van der Waals surface area contributed by atoms with Crippen LogP contribution in [0.15, 0.2) is 157 Å². The first-order chi connectivity index (χ1) is 33.0. The molecular weight excluding hydrogens is 877 g/mol. The van der Waals surface area contributed by atoms with Gasteiger partial charge in [0.1, 0.15) is 0 Å². The molecule has 0 bridgehead atoms. The van der Waals surface area contributed by atoms with Crippen molar-refractivity contribution in [2.45, 2.75) is 174 Å². The van der Waals surface area contributed by atoms with Crippen molar-refractivity contribution in [2.24, 2.45) is 22.7 Å². The van der Waals surface area contributed by atoms with E-state index >= 15 is 0 Å². The van der Waals surface area contributed by atoms with Crippen LogP contribution in [0.1, 0.15) is 146 Å². The van der Waals surface area contributed by atoms with Crippen molar-refractivity contribution in [1.82, 2.24) is 0 Å². The molecule has 4 saturated carbocycles. The molecule has 0 amide bonds. The van der Waals surface area contributed by atoms with Crippen molar-refractivity contribution in [3.8, 4) is 0 Å². The molecule has 4 nitrogen and oxygen atoms in total. The molecule has 4 fully saturated rings. The third kappa shape index (κ3) is 10.2. The Hall–Kier alpha value is -3.63. The summed E-state index contributed by atoms with van der Waals surface area (Å²) in [5.74, 6) is 1.27. The molecule has 4 aliphatic rings. The van der Waals surface area contributed by atoms with Gasteiger partial charge in [-0.2, -0.15) is 0 Å². The Labute approximate surface area is 420 Å². The second-order valence-corrected chi connectivity index (χ2v) is 32.6. The highest BCUT2D eigenvalue weighted by molar-refractivity contribution is 7.00. The number of fused-ring (bicyclic) bond motifs is 1. The Bertz CT molecular complexity index is 2290. The van der Waals surface area contributed by atoms with Gasteiger partial charge in [-0.05, 0) is 142 Å². The van der Waals surface area contributed by atoms with Crippen molar-refractivity contribution >= 4 is 37.4 Å². The van der Waals surface area contributed by atoms with E-state index in [-0.39, 0.29) is 27.7 Å². The van der Waals surface area contributed by atoms with Crippen LogP contribution in [0.2, 0.25) is 10.1 Å². The van der Waals surface area contributed by atoms with Crippen LogP contribution in [0.4, 0.5) is 0 Å². The zero-order valence-electron chi connectivity index (χ0n) is 44.0. The van der Waals surface area contributed by atoms with Gasteiger partial charge in [-0.15, -0.1) is 0 Å². The van der Waals surface area contributed by atoms with E-state index in [4.69, 9.17) is 20.2 Å². The minimum atomic E-state index is -2.96. The lowest BCUT2D eigenvalue weighted by atomic mass is 9.60. The van der Waals surface area contributed by atoms with Gasteiger partial charge in [-0.3, -0.25) is 0 Å². The van der Waals surface area contributed by atoms with Crippen molar-refractivity contribution in [3.63, 3.8) is 0 Å². The van der Waals surface area contributed by atoms with Gasteiger partial charge in [0, 0.05) is 13.0 Å². The van der Waals surface area contributed by atoms with Gasteiger partial charge >= 0.3 is 0 Å². The number of ether oxygens (including phenoxy) is 1. The summed E-state index contributed by atoms with van der Waals surface area (Å²) in [5.41, 5.74) is 4.04. The second-order valence-electron chi connectivity index (χ2n) is 24.1. The molecule has 0 aliphatic heterocycles. The van der Waals surface area contributed by atoms with Gasteiger partial charge in [0.15, 0.2) is 0 Å². The number of hydrogen-bond acceptors (Lipinski definition) is 4. The molecule has 4 aromatic carbocycles. The number of aliphatic hydroxyl groups is 1. The molecule has 5 atom stereocenters. The number of rotatable bonds is 18. The Morgan fingerprint density at radius 1 is 0.681 bits per heavy atom. The molecule has 6 heteroatoms. The van der Waals surface area contributed by atoms with E-state index < -0.39 is 22.2 Å². The SMILES string of the molecule is C=C1/C(=C\C=C2/CCC[C@]3(C)[C@@H](C4(COCCCC(O)(CC)CC)CC4)CC[C@@H]23)C[C@@H](O[Si](c2ccccc2)(c2ccccc2)C(C)(C)C)C[C@@H]1O[Si](c1ccccc1)(c1ccccc1)C(C)(C)C. The van der Waals surface area contributed by atoms with Gasteiger partial charge in [0.05, 0.1) is 24.4 Å². The van der Waals surface area contributed by atoms with Crippen molar-refractivity contribution in [2.75, 3.05) is 13.2 Å². The quantitative estimate of drug-likeness (QED) is 0.0797. The fraction of sp³-hybridized carbons (Fsp3) is 0.524. The first-order valence-corrected chi connectivity index (χ1v) is 30.7. The monoisotopic (exact) mass is 963 g/mol. The molecule has 1 N–H and O–H groups in total. The molecule has 4 aromatic rings. The molecule has 69 heavy (non-hydrogen) atoms. The van der Waals surface area contributed by atoms with Crippen LogP contribution in [0, 0.1) is 22.7 Å². The summed E-state index contributed by atoms with van der Waals surface area (Å²) < 4.78 is 22.7.